The van der Waals surface area contributed by atoms with Gasteiger partial charge in [0.25, 0.3) is 5.91 Å². The summed E-state index contributed by atoms with van der Waals surface area (Å²) in [7, 11) is 0. The Morgan fingerprint density at radius 3 is 2.48 bits per heavy atom. The Labute approximate surface area is 137 Å². The second-order valence-electron chi connectivity index (χ2n) is 6.12. The topological polar surface area (TPSA) is 66.9 Å². The number of hydrogen-bond acceptors (Lipinski definition) is 4. The van der Waals surface area contributed by atoms with Gasteiger partial charge < -0.3 is 10.6 Å². The van der Waals surface area contributed by atoms with E-state index in [0.29, 0.717) is 29.8 Å². The first-order chi connectivity index (χ1) is 10.9. The lowest BCUT2D eigenvalue weighted by Gasteiger charge is -2.10. The number of hydrogen-bond donors (Lipinski definition) is 2. The van der Waals surface area contributed by atoms with E-state index in [1.54, 1.807) is 13.0 Å². The molecule has 0 aliphatic rings. The van der Waals surface area contributed by atoms with Crippen molar-refractivity contribution >= 4 is 17.4 Å². The van der Waals surface area contributed by atoms with Crippen molar-refractivity contribution < 1.29 is 4.79 Å². The van der Waals surface area contributed by atoms with Gasteiger partial charge in [0.1, 0.15) is 17.3 Å². The Bertz CT molecular complexity index is 665. The predicted molar refractivity (Wildman–Crippen MR) is 93.0 cm³/mol. The highest BCUT2D eigenvalue weighted by Gasteiger charge is 2.10. The summed E-state index contributed by atoms with van der Waals surface area (Å²) in [6.07, 6.45) is 0.949. The lowest BCUT2D eigenvalue weighted by atomic mass is 10.1. The number of carbonyl (C=O) groups excluding carboxylic acids is 1. The zero-order valence-electron chi connectivity index (χ0n) is 14.2. The van der Waals surface area contributed by atoms with Gasteiger partial charge in [0, 0.05) is 18.3 Å². The molecule has 0 unspecified atom stereocenters. The van der Waals surface area contributed by atoms with Crippen molar-refractivity contribution in [1.82, 2.24) is 15.3 Å². The molecular formula is C18H24N4O. The first kappa shape index (κ1) is 16.9. The molecule has 0 aliphatic carbocycles. The maximum atomic E-state index is 12.2. The van der Waals surface area contributed by atoms with Crippen molar-refractivity contribution in [3.8, 4) is 0 Å². The van der Waals surface area contributed by atoms with Crippen LogP contribution < -0.4 is 10.6 Å². The number of benzene rings is 1. The zero-order chi connectivity index (χ0) is 16.8. The van der Waals surface area contributed by atoms with Crippen molar-refractivity contribution in [3.63, 3.8) is 0 Å². The molecule has 0 fully saturated rings. The molecule has 1 aromatic carbocycles. The quantitative estimate of drug-likeness (QED) is 0.855. The smallest absolute Gasteiger partial charge is 0.270 e. The van der Waals surface area contributed by atoms with Gasteiger partial charge in [-0.05, 0) is 38.3 Å². The van der Waals surface area contributed by atoms with Crippen LogP contribution in [0.4, 0.5) is 11.5 Å². The average Bonchev–Trinajstić information content (AvgIpc) is 2.48. The van der Waals surface area contributed by atoms with Crippen LogP contribution in [0.5, 0.6) is 0 Å². The number of rotatable bonds is 6. The Hall–Kier alpha value is -2.43. The number of amides is 1. The molecule has 0 aliphatic heterocycles. The van der Waals surface area contributed by atoms with E-state index < -0.39 is 0 Å². The first-order valence-corrected chi connectivity index (χ1v) is 7.91. The Morgan fingerprint density at radius 1 is 1.13 bits per heavy atom. The van der Waals surface area contributed by atoms with Crippen LogP contribution >= 0.6 is 0 Å². The van der Waals surface area contributed by atoms with Crippen LogP contribution in [0, 0.1) is 19.8 Å². The van der Waals surface area contributed by atoms with Crippen LogP contribution in [0.1, 0.15) is 42.1 Å². The van der Waals surface area contributed by atoms with E-state index >= 15 is 0 Å². The Kier molecular flexibility index (Phi) is 5.68. The normalized spacial score (nSPS) is 10.7. The van der Waals surface area contributed by atoms with Crippen molar-refractivity contribution in [1.29, 1.82) is 0 Å². The van der Waals surface area contributed by atoms with Gasteiger partial charge in [-0.1, -0.05) is 31.5 Å². The van der Waals surface area contributed by atoms with Gasteiger partial charge in [-0.25, -0.2) is 9.97 Å². The fourth-order valence-electron chi connectivity index (χ4n) is 2.10. The van der Waals surface area contributed by atoms with Gasteiger partial charge in [0.2, 0.25) is 0 Å². The van der Waals surface area contributed by atoms with Gasteiger partial charge in [-0.2, -0.15) is 0 Å². The molecule has 0 saturated heterocycles. The molecule has 1 amide bonds. The molecule has 0 radical (unpaired) electrons. The molecule has 23 heavy (non-hydrogen) atoms. The third-order valence-electron chi connectivity index (χ3n) is 3.40. The molecule has 122 valence electrons. The van der Waals surface area contributed by atoms with Crippen LogP contribution in [0.2, 0.25) is 0 Å². The number of aromatic nitrogens is 2. The van der Waals surface area contributed by atoms with Crippen LogP contribution in [0.25, 0.3) is 0 Å². The lowest BCUT2D eigenvalue weighted by molar-refractivity contribution is 0.0946. The Balaban J connectivity index is 2.08. The zero-order valence-corrected chi connectivity index (χ0v) is 14.2. The van der Waals surface area contributed by atoms with Crippen molar-refractivity contribution in [2.75, 3.05) is 11.9 Å². The van der Waals surface area contributed by atoms with Gasteiger partial charge in [0.15, 0.2) is 0 Å². The molecule has 2 rings (SSSR count). The molecular weight excluding hydrogens is 288 g/mol. The summed E-state index contributed by atoms with van der Waals surface area (Å²) in [6.45, 7) is 8.74. The number of aryl methyl sites for hydroxylation is 2. The van der Waals surface area contributed by atoms with E-state index in [-0.39, 0.29) is 5.91 Å². The average molecular weight is 312 g/mol. The molecule has 0 saturated carbocycles. The minimum Gasteiger partial charge on any atom is -0.351 e. The van der Waals surface area contributed by atoms with Crippen LogP contribution in [0.3, 0.4) is 0 Å². The van der Waals surface area contributed by atoms with Crippen molar-refractivity contribution in [2.24, 2.45) is 5.92 Å². The summed E-state index contributed by atoms with van der Waals surface area (Å²) in [6, 6.07) is 9.69. The van der Waals surface area contributed by atoms with Gasteiger partial charge in [0.05, 0.1) is 0 Å². The van der Waals surface area contributed by atoms with Gasteiger partial charge in [-0.3, -0.25) is 4.79 Å². The first-order valence-electron chi connectivity index (χ1n) is 7.91. The second kappa shape index (κ2) is 7.72. The third kappa shape index (κ3) is 5.36. The van der Waals surface area contributed by atoms with E-state index in [1.165, 1.54) is 5.56 Å². The van der Waals surface area contributed by atoms with E-state index in [4.69, 9.17) is 0 Å². The molecule has 2 aromatic rings. The minimum atomic E-state index is -0.164. The van der Waals surface area contributed by atoms with Gasteiger partial charge >= 0.3 is 0 Å². The van der Waals surface area contributed by atoms with E-state index in [1.807, 2.05) is 31.2 Å². The van der Waals surface area contributed by atoms with E-state index in [9.17, 15) is 4.79 Å². The fourth-order valence-corrected chi connectivity index (χ4v) is 2.10. The SMILES string of the molecule is Cc1ccc(Nc2cc(C(=O)NCCC(C)C)nc(C)n2)cc1. The number of carbonyl (C=O) groups is 1. The van der Waals surface area contributed by atoms with Crippen molar-refractivity contribution in [2.45, 2.75) is 34.1 Å². The monoisotopic (exact) mass is 312 g/mol. The van der Waals surface area contributed by atoms with Gasteiger partial charge in [-0.15, -0.1) is 0 Å². The summed E-state index contributed by atoms with van der Waals surface area (Å²) in [5.74, 6) is 1.58. The molecule has 0 spiro atoms. The molecule has 2 N–H and O–H groups in total. The number of nitrogens with one attached hydrogen (secondary N) is 2. The molecule has 5 nitrogen and oxygen atoms in total. The molecule has 0 atom stereocenters. The summed E-state index contributed by atoms with van der Waals surface area (Å²) in [5, 5.41) is 6.11. The third-order valence-corrected chi connectivity index (χ3v) is 3.40. The number of nitrogens with zero attached hydrogens (tertiary/aromatic N) is 2. The summed E-state index contributed by atoms with van der Waals surface area (Å²) < 4.78 is 0. The van der Waals surface area contributed by atoms with Crippen molar-refractivity contribution in [3.05, 3.63) is 47.4 Å². The molecule has 0 bridgehead atoms. The van der Waals surface area contributed by atoms with E-state index in [0.717, 1.165) is 12.1 Å². The summed E-state index contributed by atoms with van der Waals surface area (Å²) in [4.78, 5) is 20.8. The summed E-state index contributed by atoms with van der Waals surface area (Å²) >= 11 is 0. The Morgan fingerprint density at radius 2 is 1.83 bits per heavy atom. The maximum absolute atomic E-state index is 12.2. The van der Waals surface area contributed by atoms with Crippen LogP contribution in [-0.2, 0) is 0 Å². The highest BCUT2D eigenvalue weighted by molar-refractivity contribution is 5.93. The highest BCUT2D eigenvalue weighted by Crippen LogP contribution is 2.16. The standard InChI is InChI=1S/C18H24N4O/c1-12(2)9-10-19-18(23)16-11-17(21-14(4)20-16)22-15-7-5-13(3)6-8-15/h5-8,11-12H,9-10H2,1-4H3,(H,19,23)(H,20,21,22). The second-order valence-corrected chi connectivity index (χ2v) is 6.12. The summed E-state index contributed by atoms with van der Waals surface area (Å²) in [5.41, 5.74) is 2.51. The van der Waals surface area contributed by atoms with E-state index in [2.05, 4.69) is 34.4 Å². The highest BCUT2D eigenvalue weighted by atomic mass is 16.1. The minimum absolute atomic E-state index is 0.164. The fraction of sp³-hybridized carbons (Fsp3) is 0.389. The largest absolute Gasteiger partial charge is 0.351 e. The molecule has 5 heteroatoms. The maximum Gasteiger partial charge on any atom is 0.270 e. The van der Waals surface area contributed by atoms with Crippen LogP contribution in [0.15, 0.2) is 30.3 Å². The number of anilines is 2. The van der Waals surface area contributed by atoms with Crippen LogP contribution in [-0.4, -0.2) is 22.4 Å². The molecule has 1 heterocycles. The lowest BCUT2D eigenvalue weighted by Crippen LogP contribution is -2.26. The predicted octanol–water partition coefficient (Wildman–Crippen LogP) is 3.61. The molecule has 1 aromatic heterocycles.